The van der Waals surface area contributed by atoms with Gasteiger partial charge in [-0.25, -0.2) is 0 Å². The smallest absolute Gasteiger partial charge is 0.140 e. The highest BCUT2D eigenvalue weighted by molar-refractivity contribution is 5.98. The highest BCUT2D eigenvalue weighted by Gasteiger charge is 2.59. The van der Waals surface area contributed by atoms with Crippen LogP contribution < -0.4 is 9.47 Å². The number of fused-ring (bicyclic) bond motifs is 2. The molecule has 0 heterocycles. The van der Waals surface area contributed by atoms with Crippen LogP contribution in [0.5, 0.6) is 11.5 Å². The van der Waals surface area contributed by atoms with Gasteiger partial charge in [-0.1, -0.05) is 72.6 Å². The molecule has 0 radical (unpaired) electrons. The molecule has 5 aliphatic rings. The molecular formula is C51H68O6. The highest BCUT2D eigenvalue weighted by Crippen LogP contribution is 2.59. The van der Waals surface area contributed by atoms with Crippen molar-refractivity contribution in [2.45, 2.75) is 145 Å². The van der Waals surface area contributed by atoms with Crippen molar-refractivity contribution < 1.29 is 28.7 Å². The molecule has 0 saturated heterocycles. The molecule has 0 spiro atoms. The van der Waals surface area contributed by atoms with Gasteiger partial charge in [0.1, 0.15) is 40.7 Å². The van der Waals surface area contributed by atoms with Gasteiger partial charge < -0.3 is 9.47 Å². The topological polar surface area (TPSA) is 86.7 Å². The fourth-order valence-corrected chi connectivity index (χ4v) is 11.1. The molecular weight excluding hydrogens is 709 g/mol. The van der Waals surface area contributed by atoms with E-state index in [9.17, 15) is 19.2 Å². The first kappa shape index (κ1) is 41.6. The van der Waals surface area contributed by atoms with Crippen LogP contribution in [0.15, 0.2) is 48.1 Å². The maximum absolute atomic E-state index is 15.0. The van der Waals surface area contributed by atoms with E-state index in [-0.39, 0.29) is 48.0 Å². The molecule has 2 aromatic rings. The Hall–Kier alpha value is -3.54. The molecule has 8 unspecified atom stereocenters. The predicted molar refractivity (Wildman–Crippen MR) is 228 cm³/mol. The molecule has 0 aliphatic heterocycles. The van der Waals surface area contributed by atoms with Crippen molar-refractivity contribution in [3.63, 3.8) is 0 Å². The minimum Gasteiger partial charge on any atom is -0.494 e. The van der Waals surface area contributed by atoms with Crippen LogP contribution in [0.3, 0.4) is 0 Å². The van der Waals surface area contributed by atoms with Crippen LogP contribution in [-0.2, 0) is 19.2 Å². The summed E-state index contributed by atoms with van der Waals surface area (Å²) in [5.41, 5.74) is 2.63. The first-order valence-electron chi connectivity index (χ1n) is 22.4. The lowest BCUT2D eigenvalue weighted by atomic mass is 9.69. The molecule has 4 saturated carbocycles. The van der Waals surface area contributed by atoms with Crippen molar-refractivity contribution >= 4 is 39.5 Å². The Bertz CT molecular complexity index is 1930. The monoisotopic (exact) mass is 777 g/mol. The second kappa shape index (κ2) is 16.6. The zero-order valence-electron chi connectivity index (χ0n) is 36.1. The van der Waals surface area contributed by atoms with E-state index in [1.54, 1.807) is 6.92 Å². The molecule has 6 nitrogen and oxygen atoms in total. The number of hydrogen-bond acceptors (Lipinski definition) is 6. The first-order chi connectivity index (χ1) is 27.1. The fraction of sp³-hybridized carbons (Fsp3) is 0.647. The summed E-state index contributed by atoms with van der Waals surface area (Å²) >= 11 is 0. The maximum atomic E-state index is 15.0. The molecule has 0 bridgehead atoms. The third-order valence-corrected chi connectivity index (χ3v) is 14.5. The van der Waals surface area contributed by atoms with Gasteiger partial charge in [0.05, 0.1) is 6.61 Å². The van der Waals surface area contributed by atoms with E-state index in [1.165, 1.54) is 17.6 Å². The summed E-state index contributed by atoms with van der Waals surface area (Å²) in [5.74, 6) is 3.09. The number of carbonyl (C=O) groups is 4. The van der Waals surface area contributed by atoms with Crippen LogP contribution in [0.25, 0.3) is 16.3 Å². The van der Waals surface area contributed by atoms with Gasteiger partial charge in [-0.2, -0.15) is 0 Å². The number of ketones is 4. The summed E-state index contributed by atoms with van der Waals surface area (Å²) in [6, 6.07) is 10.5. The van der Waals surface area contributed by atoms with E-state index in [0.717, 1.165) is 84.6 Å². The minimum absolute atomic E-state index is 0.00465. The third-order valence-electron chi connectivity index (χ3n) is 14.5. The van der Waals surface area contributed by atoms with Gasteiger partial charge in [0.15, 0.2) is 0 Å². The minimum atomic E-state index is -0.612. The highest BCUT2D eigenvalue weighted by atomic mass is 16.5. The van der Waals surface area contributed by atoms with E-state index in [1.807, 2.05) is 6.07 Å². The molecule has 6 heteroatoms. The van der Waals surface area contributed by atoms with E-state index < -0.39 is 28.6 Å². The van der Waals surface area contributed by atoms with Crippen LogP contribution in [0.2, 0.25) is 0 Å². The summed E-state index contributed by atoms with van der Waals surface area (Å²) in [6.07, 6.45) is 14.2. The van der Waals surface area contributed by atoms with Gasteiger partial charge >= 0.3 is 0 Å². The maximum Gasteiger partial charge on any atom is 0.140 e. The lowest BCUT2D eigenvalue weighted by molar-refractivity contribution is -0.139. The average Bonchev–Trinajstić information content (AvgIpc) is 3.82. The Labute approximate surface area is 342 Å². The summed E-state index contributed by atoms with van der Waals surface area (Å²) in [4.78, 5) is 56.2. The molecule has 57 heavy (non-hydrogen) atoms. The standard InChI is InChI=1S/C51H68O6/c1-9-15-56-41-13-14-43-38(23-41)22-37(34-12-11-32(17-34)16-30(3)4)24-48(43)57-42-26-44(47(54)29-51(31(5)52)28-39(51)10-2)45(27-42)49(55)46(50(6,7)8)25-40(53)20-33-18-35-21-36(35)19-33/h12-14,17,22-24,30,33,35-36,39,42,44-46H,9-11,15-16,18-21,25-29H2,1-8H3. The molecule has 0 amide bonds. The van der Waals surface area contributed by atoms with Crippen molar-refractivity contribution in [2.24, 2.45) is 58.2 Å². The lowest BCUT2D eigenvalue weighted by Crippen LogP contribution is -2.38. The Kier molecular flexibility index (Phi) is 12.1. The summed E-state index contributed by atoms with van der Waals surface area (Å²) in [7, 11) is 0. The first-order valence-corrected chi connectivity index (χ1v) is 22.4. The van der Waals surface area contributed by atoms with Crippen molar-refractivity contribution in [3.8, 4) is 11.5 Å². The van der Waals surface area contributed by atoms with E-state index in [2.05, 4.69) is 84.9 Å². The number of carbonyl (C=O) groups excluding carboxylic acids is 4. The molecule has 2 aromatic carbocycles. The SMILES string of the molecule is CCCOc1ccc2c(OC3CC(C(=O)CC4(C(C)=O)CC4CC)C(C(=O)C(CC(=O)CC4CC5CC5C4)C(C)(C)C)C3)cc(C3=CCC(CC(C)C)=C3)cc2c1. The molecule has 4 fully saturated rings. The summed E-state index contributed by atoms with van der Waals surface area (Å²) in [6.45, 7) is 17.1. The predicted octanol–water partition coefficient (Wildman–Crippen LogP) is 11.8. The van der Waals surface area contributed by atoms with Gasteiger partial charge in [0, 0.05) is 47.8 Å². The Morgan fingerprint density at radius 3 is 2.32 bits per heavy atom. The van der Waals surface area contributed by atoms with Crippen LogP contribution >= 0.6 is 0 Å². The van der Waals surface area contributed by atoms with Crippen molar-refractivity contribution in [3.05, 3.63) is 53.6 Å². The Balaban J connectivity index is 1.18. The van der Waals surface area contributed by atoms with Gasteiger partial charge in [-0.05, 0) is 147 Å². The number of allylic oxidation sites excluding steroid dienone is 4. The number of ether oxygens (including phenoxy) is 2. The van der Waals surface area contributed by atoms with Crippen molar-refractivity contribution in [2.75, 3.05) is 6.61 Å². The second-order valence-corrected chi connectivity index (χ2v) is 20.4. The van der Waals surface area contributed by atoms with E-state index in [0.29, 0.717) is 37.7 Å². The molecule has 308 valence electrons. The lowest BCUT2D eigenvalue weighted by Gasteiger charge is -2.33. The van der Waals surface area contributed by atoms with Crippen molar-refractivity contribution in [1.29, 1.82) is 0 Å². The fourth-order valence-electron chi connectivity index (χ4n) is 11.1. The molecule has 0 aromatic heterocycles. The Morgan fingerprint density at radius 2 is 1.67 bits per heavy atom. The van der Waals surface area contributed by atoms with E-state index in [4.69, 9.17) is 9.47 Å². The quantitative estimate of drug-likeness (QED) is 0.141. The number of rotatable bonds is 19. The second-order valence-electron chi connectivity index (χ2n) is 20.4. The van der Waals surface area contributed by atoms with Crippen LogP contribution in [-0.4, -0.2) is 35.8 Å². The van der Waals surface area contributed by atoms with Crippen LogP contribution in [0.1, 0.15) is 144 Å². The van der Waals surface area contributed by atoms with Crippen LogP contribution in [0, 0.1) is 58.2 Å². The van der Waals surface area contributed by atoms with Gasteiger partial charge in [-0.15, -0.1) is 0 Å². The summed E-state index contributed by atoms with van der Waals surface area (Å²) < 4.78 is 13.1. The van der Waals surface area contributed by atoms with Crippen LogP contribution in [0.4, 0.5) is 0 Å². The van der Waals surface area contributed by atoms with Gasteiger partial charge in [0.2, 0.25) is 0 Å². The largest absolute Gasteiger partial charge is 0.494 e. The van der Waals surface area contributed by atoms with Crippen molar-refractivity contribution in [1.82, 2.24) is 0 Å². The third kappa shape index (κ3) is 9.21. The molecule has 0 N–H and O–H groups in total. The number of benzene rings is 2. The number of hydrogen-bond donors (Lipinski definition) is 0. The zero-order chi connectivity index (χ0) is 40.8. The Morgan fingerprint density at radius 1 is 0.930 bits per heavy atom. The summed E-state index contributed by atoms with van der Waals surface area (Å²) in [5, 5.41) is 1.99. The van der Waals surface area contributed by atoms with E-state index >= 15 is 0 Å². The van der Waals surface area contributed by atoms with Gasteiger partial charge in [0.25, 0.3) is 0 Å². The zero-order valence-corrected chi connectivity index (χ0v) is 36.1. The molecule has 5 aliphatic carbocycles. The molecule has 8 atom stereocenters. The van der Waals surface area contributed by atoms with Gasteiger partial charge in [-0.3, -0.25) is 19.2 Å². The average molecular weight is 777 g/mol. The molecule has 7 rings (SSSR count). The normalized spacial score (nSPS) is 29.5. The number of Topliss-reactive ketones (excluding diaryl/α,β-unsaturated/α-hetero) is 4.